The Kier molecular flexibility index (Phi) is 4.98. The number of fused-ring (bicyclic) bond motifs is 2. The molecule has 1 N–H and O–H groups in total. The van der Waals surface area contributed by atoms with E-state index < -0.39 is 11.2 Å². The molecular weight excluding hydrogens is 384 g/mol. The zero-order valence-corrected chi connectivity index (χ0v) is 20.4. The molecule has 4 aliphatic carbocycles. The minimum atomic E-state index is -0.507. The van der Waals surface area contributed by atoms with Gasteiger partial charge in [-0.1, -0.05) is 59.8 Å². The highest BCUT2D eigenvalue weighted by atomic mass is 17.2. The topological polar surface area (TPSA) is 38.7 Å². The molecule has 3 heteroatoms. The number of allylic oxidation sites excluding steroid dienone is 3. The summed E-state index contributed by atoms with van der Waals surface area (Å²) in [6.07, 6.45) is 17.8. The molecule has 0 aromatic heterocycles. The van der Waals surface area contributed by atoms with Crippen LogP contribution in [0.2, 0.25) is 0 Å². The van der Waals surface area contributed by atoms with E-state index in [9.17, 15) is 5.11 Å². The van der Waals surface area contributed by atoms with Crippen LogP contribution in [0.15, 0.2) is 36.0 Å². The zero-order chi connectivity index (χ0) is 22.2. The van der Waals surface area contributed by atoms with E-state index in [-0.39, 0.29) is 16.9 Å². The maximum absolute atomic E-state index is 10.4. The van der Waals surface area contributed by atoms with Crippen LogP contribution in [-0.4, -0.2) is 22.4 Å². The highest BCUT2D eigenvalue weighted by Crippen LogP contribution is 2.71. The van der Waals surface area contributed by atoms with Gasteiger partial charge in [-0.05, 0) is 78.9 Å². The molecule has 3 fully saturated rings. The molecule has 172 valence electrons. The Bertz CT molecular complexity index is 826. The number of hydrogen-bond acceptors (Lipinski definition) is 3. The van der Waals surface area contributed by atoms with Crippen molar-refractivity contribution >= 4 is 0 Å². The summed E-state index contributed by atoms with van der Waals surface area (Å²) in [5.41, 5.74) is 0.656. The second kappa shape index (κ2) is 7.05. The number of hydrogen-bond donors (Lipinski definition) is 1. The lowest BCUT2D eigenvalue weighted by Crippen LogP contribution is -2.69. The fourth-order valence-electron chi connectivity index (χ4n) is 8.01. The maximum atomic E-state index is 10.4. The van der Waals surface area contributed by atoms with Crippen molar-refractivity contribution in [1.82, 2.24) is 0 Å². The first-order valence-corrected chi connectivity index (χ1v) is 12.7. The summed E-state index contributed by atoms with van der Waals surface area (Å²) in [5.74, 6) is 2.98. The van der Waals surface area contributed by atoms with Gasteiger partial charge in [0.25, 0.3) is 0 Å². The molecule has 2 saturated carbocycles. The molecule has 2 bridgehead atoms. The van der Waals surface area contributed by atoms with E-state index in [1.54, 1.807) is 0 Å². The molecule has 0 amide bonds. The zero-order valence-electron chi connectivity index (χ0n) is 20.4. The minimum absolute atomic E-state index is 0.0726. The van der Waals surface area contributed by atoms with Gasteiger partial charge < -0.3 is 5.11 Å². The highest BCUT2D eigenvalue weighted by molar-refractivity contribution is 5.48. The quantitative estimate of drug-likeness (QED) is 0.418. The van der Waals surface area contributed by atoms with E-state index in [4.69, 9.17) is 9.78 Å². The monoisotopic (exact) mass is 426 g/mol. The summed E-state index contributed by atoms with van der Waals surface area (Å²) in [6, 6.07) is 0. The van der Waals surface area contributed by atoms with Gasteiger partial charge in [0, 0.05) is 17.8 Å². The van der Waals surface area contributed by atoms with Gasteiger partial charge >= 0.3 is 0 Å². The molecule has 31 heavy (non-hydrogen) atoms. The predicted molar refractivity (Wildman–Crippen MR) is 124 cm³/mol. The van der Waals surface area contributed by atoms with Gasteiger partial charge in [-0.3, -0.25) is 0 Å². The molecule has 1 saturated heterocycles. The summed E-state index contributed by atoms with van der Waals surface area (Å²) >= 11 is 0. The Balaban J connectivity index is 1.48. The van der Waals surface area contributed by atoms with Gasteiger partial charge in [0.05, 0.1) is 6.10 Å². The number of rotatable bonds is 4. The summed E-state index contributed by atoms with van der Waals surface area (Å²) in [4.78, 5) is 12.6. The van der Waals surface area contributed by atoms with E-state index in [1.165, 1.54) is 18.4 Å². The standard InChI is InChI=1S/C28H42O3/c1-18(2)19(3)7-8-20(4)22-9-10-23-25(22,5)13-12-24-26(6)14-11-21(29)17-27(26)15-16-28(23,24)31-30-27/h7-8,12,15-16,18-23,29H,9-11,13-14,17H2,1-6H3/b8-7+/t19-,20+,21-,22-,23+,25+,26+,27+,28-/m0/s1. The largest absolute Gasteiger partial charge is 0.393 e. The van der Waals surface area contributed by atoms with Crippen molar-refractivity contribution < 1.29 is 14.9 Å². The van der Waals surface area contributed by atoms with Gasteiger partial charge in [0.15, 0.2) is 0 Å². The first-order valence-electron chi connectivity index (χ1n) is 12.7. The summed E-state index contributed by atoms with van der Waals surface area (Å²) < 4.78 is 0. The second-order valence-electron chi connectivity index (χ2n) is 12.3. The third-order valence-corrected chi connectivity index (χ3v) is 10.5. The third-order valence-electron chi connectivity index (χ3n) is 10.5. The number of aliphatic hydroxyl groups excluding tert-OH is 1. The van der Waals surface area contributed by atoms with Crippen LogP contribution in [-0.2, 0) is 9.78 Å². The van der Waals surface area contributed by atoms with Crippen molar-refractivity contribution in [3.63, 3.8) is 0 Å². The van der Waals surface area contributed by atoms with Crippen LogP contribution in [0.3, 0.4) is 0 Å². The van der Waals surface area contributed by atoms with E-state index in [2.05, 4.69) is 71.9 Å². The smallest absolute Gasteiger partial charge is 0.147 e. The van der Waals surface area contributed by atoms with Crippen molar-refractivity contribution in [2.45, 2.75) is 97.4 Å². The number of aliphatic hydroxyl groups is 1. The fraction of sp³-hybridized carbons (Fsp3) is 0.786. The average Bonchev–Trinajstić information content (AvgIpc) is 3.09. The first kappa shape index (κ1) is 21.9. The van der Waals surface area contributed by atoms with Crippen molar-refractivity contribution in [3.05, 3.63) is 36.0 Å². The normalized spacial score (nSPS) is 50.2. The van der Waals surface area contributed by atoms with Crippen molar-refractivity contribution in [2.24, 2.45) is 40.4 Å². The fourth-order valence-corrected chi connectivity index (χ4v) is 8.01. The molecule has 0 unspecified atom stereocenters. The van der Waals surface area contributed by atoms with Gasteiger partial charge in [-0.25, -0.2) is 9.78 Å². The van der Waals surface area contributed by atoms with E-state index in [0.29, 0.717) is 36.0 Å². The minimum Gasteiger partial charge on any atom is -0.393 e. The molecule has 6 aliphatic rings. The average molecular weight is 427 g/mol. The summed E-state index contributed by atoms with van der Waals surface area (Å²) in [6.45, 7) is 14.2. The maximum Gasteiger partial charge on any atom is 0.147 e. The SMILES string of the molecule is CC(C)[C@@H](C)/C=C/[C@@H](C)[C@@H]1CC[C@@H]2[C@]1(C)CC=C1[C@]23C=C[C@]2(C[C@@H](O)CC[C@]12C)OO3. The molecule has 2 heterocycles. The predicted octanol–water partition coefficient (Wildman–Crippen LogP) is 6.39. The van der Waals surface area contributed by atoms with Gasteiger partial charge in [-0.2, -0.15) is 0 Å². The highest BCUT2D eigenvalue weighted by Gasteiger charge is 2.71. The molecule has 0 aromatic rings. The Morgan fingerprint density at radius 1 is 1.03 bits per heavy atom. The van der Waals surface area contributed by atoms with E-state index in [1.807, 2.05) is 0 Å². The third kappa shape index (κ3) is 2.82. The summed E-state index contributed by atoms with van der Waals surface area (Å²) in [7, 11) is 0. The Morgan fingerprint density at radius 3 is 2.48 bits per heavy atom. The molecule has 3 nitrogen and oxygen atoms in total. The lowest BCUT2D eigenvalue weighted by Gasteiger charge is -2.66. The lowest BCUT2D eigenvalue weighted by molar-refractivity contribution is -0.455. The van der Waals surface area contributed by atoms with Crippen LogP contribution < -0.4 is 0 Å². The van der Waals surface area contributed by atoms with Crippen molar-refractivity contribution in [2.75, 3.05) is 0 Å². The van der Waals surface area contributed by atoms with Crippen LogP contribution >= 0.6 is 0 Å². The van der Waals surface area contributed by atoms with Gasteiger partial charge in [-0.15, -0.1) is 0 Å². The Morgan fingerprint density at radius 2 is 1.81 bits per heavy atom. The summed E-state index contributed by atoms with van der Waals surface area (Å²) in [5, 5.41) is 10.4. The van der Waals surface area contributed by atoms with Crippen LogP contribution in [0.4, 0.5) is 0 Å². The molecular formula is C28H42O3. The molecule has 2 aliphatic heterocycles. The van der Waals surface area contributed by atoms with E-state index in [0.717, 1.165) is 19.3 Å². The molecule has 6 rings (SSSR count). The van der Waals surface area contributed by atoms with Crippen LogP contribution in [0.5, 0.6) is 0 Å². The van der Waals surface area contributed by atoms with Crippen LogP contribution in [0.1, 0.15) is 80.1 Å². The van der Waals surface area contributed by atoms with Crippen LogP contribution in [0.25, 0.3) is 0 Å². The van der Waals surface area contributed by atoms with Crippen molar-refractivity contribution in [1.29, 1.82) is 0 Å². The van der Waals surface area contributed by atoms with Crippen molar-refractivity contribution in [3.8, 4) is 0 Å². The first-order chi connectivity index (χ1) is 14.6. The van der Waals surface area contributed by atoms with Gasteiger partial charge in [0.2, 0.25) is 0 Å². The Labute approximate surface area is 188 Å². The Hall–Kier alpha value is -0.900. The molecule has 9 atom stereocenters. The molecule has 0 radical (unpaired) electrons. The molecule has 0 aromatic carbocycles. The van der Waals surface area contributed by atoms with Gasteiger partial charge in [0.1, 0.15) is 11.2 Å². The lowest BCUT2D eigenvalue weighted by atomic mass is 9.47. The van der Waals surface area contributed by atoms with Crippen LogP contribution in [0, 0.1) is 40.4 Å². The second-order valence-corrected chi connectivity index (χ2v) is 12.3. The van der Waals surface area contributed by atoms with E-state index >= 15 is 0 Å². The molecule has 2 spiro atoms.